The molecule has 1 aromatic heterocycles. The first-order valence-electron chi connectivity index (χ1n) is 7.27. The minimum atomic E-state index is -0.0815. The van der Waals surface area contributed by atoms with Crippen LogP contribution in [0.2, 0.25) is 0 Å². The summed E-state index contributed by atoms with van der Waals surface area (Å²) in [6, 6.07) is 8.27. The quantitative estimate of drug-likeness (QED) is 0.934. The van der Waals surface area contributed by atoms with Crippen LogP contribution in [0, 0.1) is 0 Å². The van der Waals surface area contributed by atoms with Crippen molar-refractivity contribution in [3.8, 4) is 0 Å². The van der Waals surface area contributed by atoms with E-state index in [4.69, 9.17) is 0 Å². The summed E-state index contributed by atoms with van der Waals surface area (Å²) in [5, 5.41) is 6.95. The Morgan fingerprint density at radius 1 is 1.29 bits per heavy atom. The van der Waals surface area contributed by atoms with Gasteiger partial charge in [-0.2, -0.15) is 10.1 Å². The molecule has 1 N–H and O–H groups in total. The molecule has 1 aliphatic rings. The highest BCUT2D eigenvalue weighted by Crippen LogP contribution is 2.29. The summed E-state index contributed by atoms with van der Waals surface area (Å²) in [6.07, 6.45) is 1.86. The molecular weight excluding hydrogens is 266 g/mol. The summed E-state index contributed by atoms with van der Waals surface area (Å²) in [5.41, 5.74) is 2.27. The molecular formula is C15H19N5O. The van der Waals surface area contributed by atoms with Crippen molar-refractivity contribution in [2.75, 3.05) is 23.3 Å². The van der Waals surface area contributed by atoms with Crippen molar-refractivity contribution in [2.45, 2.75) is 26.3 Å². The number of aromatic nitrogens is 3. The van der Waals surface area contributed by atoms with E-state index in [0.29, 0.717) is 12.4 Å². The first-order chi connectivity index (χ1) is 10.2. The van der Waals surface area contributed by atoms with Crippen molar-refractivity contribution in [3.63, 3.8) is 0 Å². The van der Waals surface area contributed by atoms with Crippen molar-refractivity contribution in [3.05, 3.63) is 36.2 Å². The lowest BCUT2D eigenvalue weighted by Crippen LogP contribution is -2.29. The molecule has 1 aliphatic heterocycles. The van der Waals surface area contributed by atoms with Gasteiger partial charge >= 0.3 is 0 Å². The summed E-state index contributed by atoms with van der Waals surface area (Å²) in [7, 11) is 0. The second kappa shape index (κ2) is 5.55. The second-order valence-corrected chi connectivity index (χ2v) is 5.06. The third kappa shape index (κ3) is 2.49. The molecule has 1 atom stereocenters. The first-order valence-corrected chi connectivity index (χ1v) is 7.27. The SMILES string of the molecule is CCN(CC)c1ccc([C@@H]2CC(=O)Nc3ncnn32)cc1. The molecule has 2 heterocycles. The molecule has 1 amide bonds. The fourth-order valence-corrected chi connectivity index (χ4v) is 2.76. The number of carbonyl (C=O) groups is 1. The van der Waals surface area contributed by atoms with E-state index >= 15 is 0 Å². The molecule has 3 rings (SSSR count). The number of rotatable bonds is 4. The van der Waals surface area contributed by atoms with Crippen LogP contribution >= 0.6 is 0 Å². The van der Waals surface area contributed by atoms with Crippen molar-refractivity contribution in [2.24, 2.45) is 0 Å². The number of nitrogens with one attached hydrogen (secondary N) is 1. The van der Waals surface area contributed by atoms with Crippen LogP contribution in [0.4, 0.5) is 11.6 Å². The van der Waals surface area contributed by atoms with Gasteiger partial charge in [0.05, 0.1) is 12.5 Å². The topological polar surface area (TPSA) is 63.1 Å². The Bertz CT molecular complexity index is 630. The number of carbonyl (C=O) groups excluding carboxylic acids is 1. The molecule has 21 heavy (non-hydrogen) atoms. The van der Waals surface area contributed by atoms with E-state index in [0.717, 1.165) is 18.7 Å². The Hall–Kier alpha value is -2.37. The zero-order valence-corrected chi connectivity index (χ0v) is 12.3. The van der Waals surface area contributed by atoms with Crippen molar-refractivity contribution in [1.82, 2.24) is 14.8 Å². The van der Waals surface area contributed by atoms with Crippen LogP contribution in [0.15, 0.2) is 30.6 Å². The highest BCUT2D eigenvalue weighted by molar-refractivity contribution is 5.91. The Balaban J connectivity index is 1.90. The molecule has 0 saturated carbocycles. The standard InChI is InChI=1S/C15H19N5O/c1-3-19(4-2)12-7-5-11(6-8-12)13-9-14(21)18-15-16-10-17-20(13)15/h5-8,10,13H,3-4,9H2,1-2H3,(H,16,17,18,21)/t13-/m0/s1. The van der Waals surface area contributed by atoms with Gasteiger partial charge in [-0.1, -0.05) is 12.1 Å². The molecule has 0 spiro atoms. The Morgan fingerprint density at radius 2 is 2.00 bits per heavy atom. The molecule has 110 valence electrons. The molecule has 0 aliphatic carbocycles. The molecule has 2 aromatic rings. The summed E-state index contributed by atoms with van der Waals surface area (Å²) in [5.74, 6) is 0.498. The number of hydrogen-bond donors (Lipinski definition) is 1. The number of benzene rings is 1. The van der Waals surface area contributed by atoms with Crippen LogP contribution in [-0.2, 0) is 4.79 Å². The van der Waals surface area contributed by atoms with E-state index in [1.54, 1.807) is 4.68 Å². The van der Waals surface area contributed by atoms with Gasteiger partial charge in [-0.15, -0.1) is 0 Å². The Kier molecular flexibility index (Phi) is 3.60. The van der Waals surface area contributed by atoms with E-state index in [1.165, 1.54) is 12.0 Å². The molecule has 6 nitrogen and oxygen atoms in total. The van der Waals surface area contributed by atoms with E-state index in [9.17, 15) is 4.79 Å². The number of hydrogen-bond acceptors (Lipinski definition) is 4. The van der Waals surface area contributed by atoms with E-state index in [1.807, 2.05) is 0 Å². The van der Waals surface area contributed by atoms with Gasteiger partial charge in [-0.25, -0.2) is 4.68 Å². The number of nitrogens with zero attached hydrogens (tertiary/aromatic N) is 4. The lowest BCUT2D eigenvalue weighted by Gasteiger charge is -2.25. The van der Waals surface area contributed by atoms with Gasteiger partial charge in [-0.3, -0.25) is 10.1 Å². The lowest BCUT2D eigenvalue weighted by molar-refractivity contribution is -0.117. The van der Waals surface area contributed by atoms with E-state index in [2.05, 4.69) is 58.4 Å². The molecule has 0 saturated heterocycles. The summed E-state index contributed by atoms with van der Waals surface area (Å²) < 4.78 is 1.77. The maximum absolute atomic E-state index is 11.8. The largest absolute Gasteiger partial charge is 0.372 e. The molecule has 0 radical (unpaired) electrons. The fraction of sp³-hybridized carbons (Fsp3) is 0.400. The van der Waals surface area contributed by atoms with Crippen LogP contribution in [0.5, 0.6) is 0 Å². The third-order valence-corrected chi connectivity index (χ3v) is 3.90. The van der Waals surface area contributed by atoms with Crippen molar-refractivity contribution >= 4 is 17.5 Å². The van der Waals surface area contributed by atoms with Gasteiger partial charge in [0, 0.05) is 18.8 Å². The normalized spacial score (nSPS) is 17.2. The lowest BCUT2D eigenvalue weighted by atomic mass is 10.0. The molecule has 6 heteroatoms. The highest BCUT2D eigenvalue weighted by Gasteiger charge is 2.27. The number of anilines is 2. The molecule has 0 fully saturated rings. The van der Waals surface area contributed by atoms with Crippen LogP contribution < -0.4 is 10.2 Å². The number of fused-ring (bicyclic) bond motifs is 1. The zero-order valence-electron chi connectivity index (χ0n) is 12.3. The van der Waals surface area contributed by atoms with E-state index in [-0.39, 0.29) is 11.9 Å². The number of amides is 1. The predicted molar refractivity (Wildman–Crippen MR) is 81.4 cm³/mol. The van der Waals surface area contributed by atoms with Crippen molar-refractivity contribution < 1.29 is 4.79 Å². The van der Waals surface area contributed by atoms with Crippen LogP contribution in [0.25, 0.3) is 0 Å². The summed E-state index contributed by atoms with van der Waals surface area (Å²) in [4.78, 5) is 18.1. The van der Waals surface area contributed by atoms with Gasteiger partial charge in [0.15, 0.2) is 0 Å². The Labute approximate surface area is 123 Å². The van der Waals surface area contributed by atoms with E-state index < -0.39 is 0 Å². The van der Waals surface area contributed by atoms with Gasteiger partial charge < -0.3 is 4.90 Å². The van der Waals surface area contributed by atoms with Gasteiger partial charge in [0.1, 0.15) is 6.33 Å². The Morgan fingerprint density at radius 3 is 2.67 bits per heavy atom. The van der Waals surface area contributed by atoms with Gasteiger partial charge in [-0.05, 0) is 31.5 Å². The molecule has 0 unspecified atom stereocenters. The third-order valence-electron chi connectivity index (χ3n) is 3.90. The predicted octanol–water partition coefficient (Wildman–Crippen LogP) is 2.06. The summed E-state index contributed by atoms with van der Waals surface area (Å²) in [6.45, 7) is 6.25. The zero-order chi connectivity index (χ0) is 14.8. The maximum atomic E-state index is 11.8. The van der Waals surface area contributed by atoms with Crippen LogP contribution in [-0.4, -0.2) is 33.8 Å². The molecule has 1 aromatic carbocycles. The monoisotopic (exact) mass is 285 g/mol. The second-order valence-electron chi connectivity index (χ2n) is 5.06. The summed E-state index contributed by atoms with van der Waals surface area (Å²) >= 11 is 0. The maximum Gasteiger partial charge on any atom is 0.229 e. The average molecular weight is 285 g/mol. The molecule has 0 bridgehead atoms. The smallest absolute Gasteiger partial charge is 0.229 e. The fourth-order valence-electron chi connectivity index (χ4n) is 2.76. The first kappa shape index (κ1) is 13.6. The van der Waals surface area contributed by atoms with Crippen LogP contribution in [0.3, 0.4) is 0 Å². The van der Waals surface area contributed by atoms with Gasteiger partial charge in [0.25, 0.3) is 0 Å². The van der Waals surface area contributed by atoms with Gasteiger partial charge in [0.2, 0.25) is 11.9 Å². The highest BCUT2D eigenvalue weighted by atomic mass is 16.2. The van der Waals surface area contributed by atoms with Crippen LogP contribution in [0.1, 0.15) is 31.9 Å². The average Bonchev–Trinajstić information content (AvgIpc) is 2.96. The minimum absolute atomic E-state index is 0.0201. The minimum Gasteiger partial charge on any atom is -0.372 e. The van der Waals surface area contributed by atoms with Crippen molar-refractivity contribution in [1.29, 1.82) is 0 Å².